The van der Waals surface area contributed by atoms with E-state index in [1.165, 1.54) is 24.3 Å². The molecule has 0 atom stereocenters. The number of carboxylic acids is 1. The maximum Gasteiger partial charge on any atom is 0.346 e. The Bertz CT molecular complexity index is 475. The summed E-state index contributed by atoms with van der Waals surface area (Å²) >= 11 is 0. The van der Waals surface area contributed by atoms with Crippen molar-refractivity contribution in [2.24, 2.45) is 0 Å². The Morgan fingerprint density at radius 3 is 2.24 bits per heavy atom. The summed E-state index contributed by atoms with van der Waals surface area (Å²) < 4.78 is 4.36. The second kappa shape index (κ2) is 5.45. The van der Waals surface area contributed by atoms with Crippen molar-refractivity contribution in [3.05, 3.63) is 42.0 Å². The van der Waals surface area contributed by atoms with Crippen LogP contribution in [0.2, 0.25) is 0 Å². The van der Waals surface area contributed by atoms with Gasteiger partial charge < -0.3 is 15.6 Å². The maximum atomic E-state index is 11.3. The fourth-order valence-corrected chi connectivity index (χ4v) is 0.943. The van der Waals surface area contributed by atoms with E-state index in [-0.39, 0.29) is 5.56 Å². The number of hydrogen-bond acceptors (Lipinski definition) is 5. The van der Waals surface area contributed by atoms with Crippen LogP contribution in [0.4, 0.5) is 5.69 Å². The molecule has 1 aromatic carbocycles. The molecule has 88 valence electrons. The summed E-state index contributed by atoms with van der Waals surface area (Å²) in [5.74, 6) is -3.22. The first-order valence-corrected chi connectivity index (χ1v) is 4.51. The van der Waals surface area contributed by atoms with Crippen LogP contribution in [-0.2, 0) is 14.3 Å². The molecule has 0 aliphatic rings. The average Bonchev–Trinajstić information content (AvgIpc) is 2.27. The number of benzene rings is 1. The molecule has 0 heterocycles. The smallest absolute Gasteiger partial charge is 0.346 e. The third-order valence-electron chi connectivity index (χ3n) is 1.70. The minimum absolute atomic E-state index is 0.149. The van der Waals surface area contributed by atoms with E-state index in [4.69, 9.17) is 10.8 Å². The summed E-state index contributed by atoms with van der Waals surface area (Å²) in [7, 11) is 0. The van der Waals surface area contributed by atoms with Gasteiger partial charge in [-0.2, -0.15) is 0 Å². The van der Waals surface area contributed by atoms with E-state index in [1.54, 1.807) is 0 Å². The molecule has 0 fully saturated rings. The van der Waals surface area contributed by atoms with Crippen LogP contribution >= 0.6 is 0 Å². The van der Waals surface area contributed by atoms with E-state index in [9.17, 15) is 14.4 Å². The first-order valence-electron chi connectivity index (χ1n) is 4.51. The quantitative estimate of drug-likeness (QED) is 0.343. The molecule has 17 heavy (non-hydrogen) atoms. The summed E-state index contributed by atoms with van der Waals surface area (Å²) in [6.07, 6.45) is 1.23. The zero-order chi connectivity index (χ0) is 12.8. The van der Waals surface area contributed by atoms with Gasteiger partial charge in [-0.15, -0.1) is 0 Å². The summed E-state index contributed by atoms with van der Waals surface area (Å²) in [5, 5.41) is 8.25. The highest BCUT2D eigenvalue weighted by Crippen LogP contribution is 2.06. The van der Waals surface area contributed by atoms with Crippen molar-refractivity contribution in [3.63, 3.8) is 0 Å². The second-order valence-corrected chi connectivity index (χ2v) is 3.00. The van der Waals surface area contributed by atoms with E-state index in [2.05, 4.69) is 4.74 Å². The number of nitrogens with two attached hydrogens (primary N) is 1. The first-order chi connectivity index (χ1) is 7.99. The van der Waals surface area contributed by atoms with Crippen molar-refractivity contribution in [2.75, 3.05) is 5.73 Å². The Morgan fingerprint density at radius 2 is 1.71 bits per heavy atom. The van der Waals surface area contributed by atoms with Gasteiger partial charge >= 0.3 is 17.9 Å². The summed E-state index contributed by atoms with van der Waals surface area (Å²) in [4.78, 5) is 32.4. The van der Waals surface area contributed by atoms with Crippen LogP contribution in [0, 0.1) is 0 Å². The molecule has 0 saturated carbocycles. The van der Waals surface area contributed by atoms with E-state index >= 15 is 0 Å². The number of aliphatic carboxylic acids is 1. The number of carbonyl (C=O) groups excluding carboxylic acids is 2. The molecule has 3 N–H and O–H groups in total. The fraction of sp³-hybridized carbons (Fsp3) is 0. The van der Waals surface area contributed by atoms with Crippen LogP contribution in [0.25, 0.3) is 0 Å². The number of rotatable bonds is 3. The third-order valence-corrected chi connectivity index (χ3v) is 1.70. The van der Waals surface area contributed by atoms with Crippen molar-refractivity contribution in [2.45, 2.75) is 0 Å². The van der Waals surface area contributed by atoms with Crippen LogP contribution in [-0.4, -0.2) is 23.0 Å². The van der Waals surface area contributed by atoms with Crippen molar-refractivity contribution < 1.29 is 24.2 Å². The lowest BCUT2D eigenvalue weighted by Gasteiger charge is -2.00. The first kappa shape index (κ1) is 12.4. The minimum Gasteiger partial charge on any atom is -0.478 e. The predicted octanol–water partition coefficient (Wildman–Crippen LogP) is 0.593. The highest BCUT2D eigenvalue weighted by atomic mass is 16.6. The van der Waals surface area contributed by atoms with Gasteiger partial charge in [0.15, 0.2) is 0 Å². The molecule has 6 nitrogen and oxygen atoms in total. The van der Waals surface area contributed by atoms with Gasteiger partial charge in [-0.3, -0.25) is 0 Å². The maximum absolute atomic E-state index is 11.3. The second-order valence-electron chi connectivity index (χ2n) is 3.00. The van der Waals surface area contributed by atoms with Crippen LogP contribution in [0.1, 0.15) is 10.4 Å². The highest BCUT2D eigenvalue weighted by molar-refractivity contribution is 6.01. The van der Waals surface area contributed by atoms with Gasteiger partial charge in [0.05, 0.1) is 5.56 Å². The highest BCUT2D eigenvalue weighted by Gasteiger charge is 2.10. The Hall–Kier alpha value is -2.63. The van der Waals surface area contributed by atoms with E-state index in [0.717, 1.165) is 0 Å². The summed E-state index contributed by atoms with van der Waals surface area (Å²) in [6, 6.07) is 5.75. The Balaban J connectivity index is 2.63. The van der Waals surface area contributed by atoms with Gasteiger partial charge in [0.2, 0.25) is 0 Å². The normalized spacial score (nSPS) is 10.1. The lowest BCUT2D eigenvalue weighted by molar-refractivity contribution is -0.134. The molecule has 1 aromatic rings. The van der Waals surface area contributed by atoms with Crippen molar-refractivity contribution >= 4 is 23.6 Å². The molecule has 0 radical (unpaired) electrons. The van der Waals surface area contributed by atoms with Gasteiger partial charge in [-0.1, -0.05) is 0 Å². The molecule has 0 saturated heterocycles. The number of esters is 2. The zero-order valence-corrected chi connectivity index (χ0v) is 8.62. The lowest BCUT2D eigenvalue weighted by atomic mass is 10.2. The van der Waals surface area contributed by atoms with Crippen molar-refractivity contribution in [1.29, 1.82) is 0 Å². The number of hydrogen-bond donors (Lipinski definition) is 2. The fourth-order valence-electron chi connectivity index (χ4n) is 0.943. The third kappa shape index (κ3) is 4.17. The molecule has 0 bridgehead atoms. The van der Waals surface area contributed by atoms with E-state index in [0.29, 0.717) is 17.8 Å². The SMILES string of the molecule is Nc1ccc(C(=O)OC(=O)C=CC(=O)O)cc1. The van der Waals surface area contributed by atoms with E-state index in [1.807, 2.05) is 0 Å². The molecule has 6 heteroatoms. The van der Waals surface area contributed by atoms with Gasteiger partial charge in [0.1, 0.15) is 0 Å². The average molecular weight is 235 g/mol. The largest absolute Gasteiger partial charge is 0.478 e. The standard InChI is InChI=1S/C11H9NO5/c12-8-3-1-7(2-4-8)11(16)17-10(15)6-5-9(13)14/h1-6H,12H2,(H,13,14). The van der Waals surface area contributed by atoms with Crippen LogP contribution < -0.4 is 5.73 Å². The molecule has 0 aliphatic carbocycles. The summed E-state index contributed by atoms with van der Waals surface area (Å²) in [6.45, 7) is 0. The molecule has 0 aromatic heterocycles. The lowest BCUT2D eigenvalue weighted by Crippen LogP contribution is -2.10. The number of anilines is 1. The zero-order valence-electron chi connectivity index (χ0n) is 8.62. The van der Waals surface area contributed by atoms with Crippen molar-refractivity contribution in [1.82, 2.24) is 0 Å². The summed E-state index contributed by atoms with van der Waals surface area (Å²) in [5.41, 5.74) is 6.03. The molecule has 0 unspecified atom stereocenters. The van der Waals surface area contributed by atoms with Crippen LogP contribution in [0.5, 0.6) is 0 Å². The van der Waals surface area contributed by atoms with Crippen LogP contribution in [0.15, 0.2) is 36.4 Å². The molecular formula is C11H9NO5. The molecule has 0 aliphatic heterocycles. The topological polar surface area (TPSA) is 107 Å². The predicted molar refractivity (Wildman–Crippen MR) is 58.1 cm³/mol. The Morgan fingerprint density at radius 1 is 1.12 bits per heavy atom. The number of carboxylic acid groups (broad SMARTS) is 1. The minimum atomic E-state index is -1.30. The number of carbonyl (C=O) groups is 3. The van der Waals surface area contributed by atoms with Crippen molar-refractivity contribution in [3.8, 4) is 0 Å². The van der Waals surface area contributed by atoms with Gasteiger partial charge in [-0.05, 0) is 24.3 Å². The Labute approximate surface area is 96.3 Å². The van der Waals surface area contributed by atoms with Gasteiger partial charge in [0, 0.05) is 17.8 Å². The molecular weight excluding hydrogens is 226 g/mol. The monoisotopic (exact) mass is 235 g/mol. The van der Waals surface area contributed by atoms with Crippen LogP contribution in [0.3, 0.4) is 0 Å². The Kier molecular flexibility index (Phi) is 3.99. The number of ether oxygens (including phenoxy) is 1. The van der Waals surface area contributed by atoms with E-state index < -0.39 is 17.9 Å². The molecule has 0 spiro atoms. The molecule has 1 rings (SSSR count). The van der Waals surface area contributed by atoms with Gasteiger partial charge in [0.25, 0.3) is 0 Å². The molecule has 0 amide bonds. The van der Waals surface area contributed by atoms with Gasteiger partial charge in [-0.25, -0.2) is 14.4 Å². The number of nitrogen functional groups attached to an aromatic ring is 1.